The van der Waals surface area contributed by atoms with Crippen molar-refractivity contribution in [2.24, 2.45) is 0 Å². The summed E-state index contributed by atoms with van der Waals surface area (Å²) in [6, 6.07) is 5.93. The molecular formula is C16H22N2O. The number of hydrogen-bond donors (Lipinski definition) is 1. The minimum absolute atomic E-state index is 0.129. The van der Waals surface area contributed by atoms with E-state index in [1.807, 2.05) is 30.0 Å². The Balaban J connectivity index is 2.39. The van der Waals surface area contributed by atoms with Gasteiger partial charge in [0.15, 0.2) is 0 Å². The maximum Gasteiger partial charge on any atom is 0.253 e. The molecule has 1 amide bonds. The zero-order valence-electron chi connectivity index (χ0n) is 12.2. The van der Waals surface area contributed by atoms with Gasteiger partial charge in [0.1, 0.15) is 0 Å². The number of carbonyl (C=O) groups is 1. The Bertz CT molecular complexity index is 598. The molecule has 1 heterocycles. The molecule has 0 saturated carbocycles. The number of amides is 1. The fraction of sp³-hybridized carbons (Fsp3) is 0.438. The number of fused-ring (bicyclic) bond motifs is 1. The number of H-pyrrole nitrogens is 1. The lowest BCUT2D eigenvalue weighted by atomic mass is 10.1. The summed E-state index contributed by atoms with van der Waals surface area (Å²) >= 11 is 0. The van der Waals surface area contributed by atoms with Crippen LogP contribution in [0.5, 0.6) is 0 Å². The van der Waals surface area contributed by atoms with E-state index in [4.69, 9.17) is 0 Å². The monoisotopic (exact) mass is 258 g/mol. The number of nitrogens with zero attached hydrogens (tertiary/aromatic N) is 1. The molecule has 0 radical (unpaired) electrons. The number of aromatic amines is 1. The van der Waals surface area contributed by atoms with Crippen molar-refractivity contribution in [3.8, 4) is 0 Å². The fourth-order valence-electron chi connectivity index (χ4n) is 2.45. The van der Waals surface area contributed by atoms with Gasteiger partial charge in [0.25, 0.3) is 5.91 Å². The van der Waals surface area contributed by atoms with Gasteiger partial charge in [-0.3, -0.25) is 4.79 Å². The minimum Gasteiger partial charge on any atom is -0.358 e. The Morgan fingerprint density at radius 2 is 2.00 bits per heavy atom. The van der Waals surface area contributed by atoms with E-state index in [-0.39, 0.29) is 5.91 Å². The molecule has 0 aliphatic rings. The predicted molar refractivity (Wildman–Crippen MR) is 79.6 cm³/mol. The molecule has 1 aromatic carbocycles. The topological polar surface area (TPSA) is 36.1 Å². The van der Waals surface area contributed by atoms with Crippen molar-refractivity contribution >= 4 is 16.8 Å². The zero-order chi connectivity index (χ0) is 14.0. The van der Waals surface area contributed by atoms with Crippen molar-refractivity contribution in [1.29, 1.82) is 0 Å². The highest BCUT2D eigenvalue weighted by atomic mass is 16.2. The van der Waals surface area contributed by atoms with E-state index in [1.54, 1.807) is 0 Å². The van der Waals surface area contributed by atoms with Crippen molar-refractivity contribution in [3.63, 3.8) is 0 Å². The van der Waals surface area contributed by atoms with E-state index in [0.717, 1.165) is 36.0 Å². The molecule has 102 valence electrons. The van der Waals surface area contributed by atoms with Crippen molar-refractivity contribution < 1.29 is 4.79 Å². The quantitative estimate of drug-likeness (QED) is 0.892. The smallest absolute Gasteiger partial charge is 0.253 e. The third-order valence-corrected chi connectivity index (χ3v) is 3.72. The maximum absolute atomic E-state index is 12.4. The van der Waals surface area contributed by atoms with Gasteiger partial charge in [0.05, 0.1) is 0 Å². The van der Waals surface area contributed by atoms with E-state index in [1.165, 1.54) is 11.3 Å². The molecule has 3 nitrogen and oxygen atoms in total. The number of benzene rings is 1. The van der Waals surface area contributed by atoms with Crippen molar-refractivity contribution in [2.45, 2.75) is 34.1 Å². The van der Waals surface area contributed by atoms with E-state index < -0.39 is 0 Å². The van der Waals surface area contributed by atoms with Gasteiger partial charge in [-0.2, -0.15) is 0 Å². The van der Waals surface area contributed by atoms with Crippen LogP contribution in [0.15, 0.2) is 18.2 Å². The van der Waals surface area contributed by atoms with Crippen molar-refractivity contribution in [2.75, 3.05) is 13.1 Å². The van der Waals surface area contributed by atoms with Crippen LogP contribution in [-0.2, 0) is 0 Å². The van der Waals surface area contributed by atoms with Gasteiger partial charge < -0.3 is 9.88 Å². The number of aromatic nitrogens is 1. The highest BCUT2D eigenvalue weighted by molar-refractivity contribution is 5.99. The summed E-state index contributed by atoms with van der Waals surface area (Å²) in [7, 11) is 0. The summed E-state index contributed by atoms with van der Waals surface area (Å²) < 4.78 is 0. The first kappa shape index (κ1) is 13.7. The standard InChI is InChI=1S/C16H22N2O/c1-5-9-18(6-2)16(19)13-7-8-15-14(10-13)11(3)12(4)17-15/h7-8,10,17H,5-6,9H2,1-4H3. The molecule has 0 atom stereocenters. The van der Waals surface area contributed by atoms with Gasteiger partial charge in [-0.15, -0.1) is 0 Å². The Kier molecular flexibility index (Phi) is 3.93. The lowest BCUT2D eigenvalue weighted by molar-refractivity contribution is 0.0764. The van der Waals surface area contributed by atoms with Gasteiger partial charge in [-0.1, -0.05) is 6.92 Å². The predicted octanol–water partition coefficient (Wildman–Crippen LogP) is 3.66. The summed E-state index contributed by atoms with van der Waals surface area (Å²) in [5.41, 5.74) is 4.28. The van der Waals surface area contributed by atoms with Crippen molar-refractivity contribution in [1.82, 2.24) is 9.88 Å². The maximum atomic E-state index is 12.4. The lowest BCUT2D eigenvalue weighted by Crippen LogP contribution is -2.31. The Labute approximate surface area is 114 Å². The van der Waals surface area contributed by atoms with Gasteiger partial charge >= 0.3 is 0 Å². The molecule has 2 rings (SSSR count). The second-order valence-electron chi connectivity index (χ2n) is 5.02. The summed E-state index contributed by atoms with van der Waals surface area (Å²) in [5, 5.41) is 1.15. The van der Waals surface area contributed by atoms with Crippen LogP contribution in [-0.4, -0.2) is 28.9 Å². The second kappa shape index (κ2) is 5.47. The van der Waals surface area contributed by atoms with Crippen LogP contribution in [0, 0.1) is 13.8 Å². The van der Waals surface area contributed by atoms with Crippen LogP contribution in [0.25, 0.3) is 10.9 Å². The summed E-state index contributed by atoms with van der Waals surface area (Å²) in [4.78, 5) is 17.7. The van der Waals surface area contributed by atoms with Crippen LogP contribution >= 0.6 is 0 Å². The van der Waals surface area contributed by atoms with Crippen molar-refractivity contribution in [3.05, 3.63) is 35.0 Å². The van der Waals surface area contributed by atoms with Gasteiger partial charge in [0.2, 0.25) is 0 Å². The Morgan fingerprint density at radius 1 is 1.26 bits per heavy atom. The fourth-order valence-corrected chi connectivity index (χ4v) is 2.45. The molecule has 0 saturated heterocycles. The van der Waals surface area contributed by atoms with E-state index in [0.29, 0.717) is 0 Å². The molecule has 1 aromatic heterocycles. The average Bonchev–Trinajstić information content (AvgIpc) is 2.70. The lowest BCUT2D eigenvalue weighted by Gasteiger charge is -2.20. The SMILES string of the molecule is CCCN(CC)C(=O)c1ccc2[nH]c(C)c(C)c2c1. The van der Waals surface area contributed by atoms with Crippen LogP contribution in [0.1, 0.15) is 41.9 Å². The van der Waals surface area contributed by atoms with E-state index >= 15 is 0 Å². The third kappa shape index (κ3) is 2.50. The van der Waals surface area contributed by atoms with Crippen LogP contribution in [0.2, 0.25) is 0 Å². The second-order valence-corrected chi connectivity index (χ2v) is 5.02. The first-order chi connectivity index (χ1) is 9.08. The molecule has 19 heavy (non-hydrogen) atoms. The molecule has 0 spiro atoms. The molecular weight excluding hydrogens is 236 g/mol. The number of aryl methyl sites for hydroxylation is 2. The highest BCUT2D eigenvalue weighted by Crippen LogP contribution is 2.23. The first-order valence-corrected chi connectivity index (χ1v) is 6.96. The van der Waals surface area contributed by atoms with E-state index in [2.05, 4.69) is 25.8 Å². The Morgan fingerprint density at radius 3 is 2.63 bits per heavy atom. The number of rotatable bonds is 4. The molecule has 0 bridgehead atoms. The molecule has 0 aliphatic carbocycles. The molecule has 0 unspecified atom stereocenters. The van der Waals surface area contributed by atoms with Crippen LogP contribution in [0.4, 0.5) is 0 Å². The number of carbonyl (C=O) groups excluding carboxylic acids is 1. The molecule has 2 aromatic rings. The minimum atomic E-state index is 0.129. The Hall–Kier alpha value is -1.77. The van der Waals surface area contributed by atoms with E-state index in [9.17, 15) is 4.79 Å². The number of hydrogen-bond acceptors (Lipinski definition) is 1. The van der Waals surface area contributed by atoms with Gasteiger partial charge in [-0.25, -0.2) is 0 Å². The largest absolute Gasteiger partial charge is 0.358 e. The highest BCUT2D eigenvalue weighted by Gasteiger charge is 2.14. The molecule has 0 aliphatic heterocycles. The molecule has 3 heteroatoms. The summed E-state index contributed by atoms with van der Waals surface area (Å²) in [6.07, 6.45) is 0.990. The molecule has 1 N–H and O–H groups in total. The third-order valence-electron chi connectivity index (χ3n) is 3.72. The van der Waals surface area contributed by atoms with Gasteiger partial charge in [0, 0.05) is 35.2 Å². The number of nitrogens with one attached hydrogen (secondary N) is 1. The zero-order valence-corrected chi connectivity index (χ0v) is 12.2. The van der Waals surface area contributed by atoms with Gasteiger partial charge in [-0.05, 0) is 51.0 Å². The average molecular weight is 258 g/mol. The van der Waals surface area contributed by atoms with Crippen LogP contribution < -0.4 is 0 Å². The molecule has 0 fully saturated rings. The first-order valence-electron chi connectivity index (χ1n) is 6.96. The summed E-state index contributed by atoms with van der Waals surface area (Å²) in [6.45, 7) is 9.85. The van der Waals surface area contributed by atoms with Crippen LogP contribution in [0.3, 0.4) is 0 Å². The normalized spacial score (nSPS) is 10.9. The summed E-state index contributed by atoms with van der Waals surface area (Å²) in [5.74, 6) is 0.129.